The predicted octanol–water partition coefficient (Wildman–Crippen LogP) is 0.994. The van der Waals surface area contributed by atoms with Crippen molar-refractivity contribution in [1.29, 1.82) is 0 Å². The molecule has 0 N–H and O–H groups in total. The molecule has 1 heterocycles. The molecule has 0 aromatic carbocycles. The Kier molecular flexibility index (Phi) is 5.36. The van der Waals surface area contributed by atoms with Crippen LogP contribution in [-0.2, 0) is 26.1 Å². The van der Waals surface area contributed by atoms with Crippen LogP contribution in [0, 0.1) is 0 Å². The van der Waals surface area contributed by atoms with Gasteiger partial charge in [0.2, 0.25) is 10.0 Å². The van der Waals surface area contributed by atoms with E-state index in [0.29, 0.717) is 5.76 Å². The Labute approximate surface area is 107 Å². The Balaban J connectivity index is 2.45. The van der Waals surface area contributed by atoms with Crippen molar-refractivity contribution >= 4 is 16.0 Å². The molecule has 102 valence electrons. The largest absolute Gasteiger partial charge is 0.469 e. The maximum atomic E-state index is 11.9. The fraction of sp³-hybridized carbons (Fsp3) is 0.545. The van der Waals surface area contributed by atoms with Gasteiger partial charge >= 0.3 is 5.97 Å². The third kappa shape index (κ3) is 4.50. The number of ether oxygens (including phenoxy) is 1. The van der Waals surface area contributed by atoms with E-state index >= 15 is 0 Å². The van der Waals surface area contributed by atoms with Crippen molar-refractivity contribution in [1.82, 2.24) is 4.31 Å². The number of furan rings is 1. The second-order valence-electron chi connectivity index (χ2n) is 3.83. The first-order valence-electron chi connectivity index (χ1n) is 5.49. The van der Waals surface area contributed by atoms with Gasteiger partial charge in [0, 0.05) is 13.5 Å². The van der Waals surface area contributed by atoms with Crippen molar-refractivity contribution in [3.05, 3.63) is 24.2 Å². The number of nitrogens with zero attached hydrogens (tertiary/aromatic N) is 1. The van der Waals surface area contributed by atoms with Gasteiger partial charge in [0.05, 0.1) is 25.7 Å². The van der Waals surface area contributed by atoms with Gasteiger partial charge in [-0.25, -0.2) is 8.42 Å². The molecule has 0 saturated heterocycles. The molecule has 0 radical (unpaired) electrons. The SMILES string of the molecule is COC(=O)CCCS(=O)(=O)N(C)Cc1ccco1. The molecule has 6 nitrogen and oxygen atoms in total. The average Bonchev–Trinajstić information content (AvgIpc) is 2.81. The molecule has 18 heavy (non-hydrogen) atoms. The molecule has 0 aliphatic heterocycles. The normalized spacial score (nSPS) is 11.7. The molecule has 7 heteroatoms. The zero-order valence-electron chi connectivity index (χ0n) is 10.5. The van der Waals surface area contributed by atoms with Crippen LogP contribution >= 0.6 is 0 Å². The highest BCUT2D eigenvalue weighted by atomic mass is 32.2. The summed E-state index contributed by atoms with van der Waals surface area (Å²) in [6, 6.07) is 3.41. The number of hydrogen-bond acceptors (Lipinski definition) is 5. The topological polar surface area (TPSA) is 76.8 Å². The van der Waals surface area contributed by atoms with Crippen LogP contribution in [0.25, 0.3) is 0 Å². The summed E-state index contributed by atoms with van der Waals surface area (Å²) in [4.78, 5) is 10.9. The molecule has 0 spiro atoms. The van der Waals surface area contributed by atoms with E-state index in [9.17, 15) is 13.2 Å². The summed E-state index contributed by atoms with van der Waals surface area (Å²) in [5.41, 5.74) is 0. The summed E-state index contributed by atoms with van der Waals surface area (Å²) in [5, 5.41) is 0. The van der Waals surface area contributed by atoms with Crippen molar-refractivity contribution in [3.8, 4) is 0 Å². The zero-order chi connectivity index (χ0) is 13.6. The van der Waals surface area contributed by atoms with E-state index in [4.69, 9.17) is 4.42 Å². The lowest BCUT2D eigenvalue weighted by molar-refractivity contribution is -0.140. The highest BCUT2D eigenvalue weighted by molar-refractivity contribution is 7.89. The molecule has 0 aliphatic rings. The molecule has 1 aromatic heterocycles. The standard InChI is InChI=1S/C11H17NO5S/c1-12(9-10-5-3-7-17-10)18(14,15)8-4-6-11(13)16-2/h3,5,7H,4,6,8-9H2,1-2H3. The molecule has 0 saturated carbocycles. The maximum absolute atomic E-state index is 11.9. The lowest BCUT2D eigenvalue weighted by Crippen LogP contribution is -2.29. The molecular weight excluding hydrogens is 258 g/mol. The maximum Gasteiger partial charge on any atom is 0.305 e. The molecule has 1 aromatic rings. The van der Waals surface area contributed by atoms with E-state index in [1.54, 1.807) is 12.1 Å². The summed E-state index contributed by atoms with van der Waals surface area (Å²) < 4.78 is 34.5. The lowest BCUT2D eigenvalue weighted by atomic mass is 10.3. The van der Waals surface area contributed by atoms with Gasteiger partial charge in [-0.15, -0.1) is 0 Å². The van der Waals surface area contributed by atoms with Gasteiger partial charge in [0.15, 0.2) is 0 Å². The lowest BCUT2D eigenvalue weighted by Gasteiger charge is -2.15. The number of hydrogen-bond donors (Lipinski definition) is 0. The second kappa shape index (κ2) is 6.55. The van der Waals surface area contributed by atoms with Gasteiger partial charge in [-0.05, 0) is 18.6 Å². The quantitative estimate of drug-likeness (QED) is 0.694. The summed E-state index contributed by atoms with van der Waals surface area (Å²) in [6.45, 7) is 0.188. The Hall–Kier alpha value is -1.34. The number of methoxy groups -OCH3 is 1. The number of carbonyl (C=O) groups excluding carboxylic acids is 1. The minimum Gasteiger partial charge on any atom is -0.469 e. The van der Waals surface area contributed by atoms with E-state index in [-0.39, 0.29) is 25.1 Å². The Morgan fingerprint density at radius 2 is 2.22 bits per heavy atom. The van der Waals surface area contributed by atoms with E-state index in [2.05, 4.69) is 4.74 Å². The molecule has 0 bridgehead atoms. The van der Waals surface area contributed by atoms with E-state index in [1.165, 1.54) is 24.7 Å². The van der Waals surface area contributed by atoms with Crippen LogP contribution in [0.15, 0.2) is 22.8 Å². The van der Waals surface area contributed by atoms with E-state index < -0.39 is 16.0 Å². The Morgan fingerprint density at radius 3 is 2.78 bits per heavy atom. The number of esters is 1. The first-order chi connectivity index (χ1) is 8.45. The van der Waals surface area contributed by atoms with Gasteiger partial charge in [-0.3, -0.25) is 4.79 Å². The van der Waals surface area contributed by atoms with Crippen molar-refractivity contribution in [2.24, 2.45) is 0 Å². The monoisotopic (exact) mass is 275 g/mol. The first-order valence-corrected chi connectivity index (χ1v) is 7.10. The third-order valence-electron chi connectivity index (χ3n) is 2.44. The van der Waals surface area contributed by atoms with Crippen LogP contribution in [-0.4, -0.2) is 38.6 Å². The number of carbonyl (C=O) groups is 1. The summed E-state index contributed by atoms with van der Waals surface area (Å²) in [7, 11) is -0.615. The summed E-state index contributed by atoms with van der Waals surface area (Å²) in [6.07, 6.45) is 1.84. The fourth-order valence-electron chi connectivity index (χ4n) is 1.38. The highest BCUT2D eigenvalue weighted by Crippen LogP contribution is 2.09. The van der Waals surface area contributed by atoms with Crippen molar-refractivity contribution in [2.75, 3.05) is 19.9 Å². The van der Waals surface area contributed by atoms with Crippen LogP contribution in [0.5, 0.6) is 0 Å². The highest BCUT2D eigenvalue weighted by Gasteiger charge is 2.19. The smallest absolute Gasteiger partial charge is 0.305 e. The molecule has 0 atom stereocenters. The second-order valence-corrected chi connectivity index (χ2v) is 6.03. The van der Waals surface area contributed by atoms with Crippen LogP contribution in [0.3, 0.4) is 0 Å². The van der Waals surface area contributed by atoms with Crippen LogP contribution in [0.4, 0.5) is 0 Å². The minimum absolute atomic E-state index is 0.0840. The van der Waals surface area contributed by atoms with Crippen LogP contribution < -0.4 is 0 Å². The molecule has 0 aliphatic carbocycles. The number of sulfonamides is 1. The van der Waals surface area contributed by atoms with Crippen molar-refractivity contribution in [2.45, 2.75) is 19.4 Å². The molecule has 0 unspecified atom stereocenters. The predicted molar refractivity (Wildman–Crippen MR) is 65.2 cm³/mol. The third-order valence-corrected chi connectivity index (χ3v) is 4.33. The summed E-state index contributed by atoms with van der Waals surface area (Å²) in [5.74, 6) is 0.0900. The summed E-state index contributed by atoms with van der Waals surface area (Å²) >= 11 is 0. The van der Waals surface area contributed by atoms with Gasteiger partial charge < -0.3 is 9.15 Å². The van der Waals surface area contributed by atoms with Gasteiger partial charge in [-0.2, -0.15) is 4.31 Å². The number of rotatable bonds is 7. The van der Waals surface area contributed by atoms with Gasteiger partial charge in [0.1, 0.15) is 5.76 Å². The van der Waals surface area contributed by atoms with Gasteiger partial charge in [0.25, 0.3) is 0 Å². The van der Waals surface area contributed by atoms with Crippen LogP contribution in [0.2, 0.25) is 0 Å². The zero-order valence-corrected chi connectivity index (χ0v) is 11.3. The average molecular weight is 275 g/mol. The molecule has 0 amide bonds. The van der Waals surface area contributed by atoms with Crippen molar-refractivity contribution < 1.29 is 22.4 Å². The van der Waals surface area contributed by atoms with Crippen molar-refractivity contribution in [3.63, 3.8) is 0 Å². The first kappa shape index (κ1) is 14.7. The van der Waals surface area contributed by atoms with E-state index in [0.717, 1.165) is 0 Å². The fourth-order valence-corrected chi connectivity index (χ4v) is 2.52. The van der Waals surface area contributed by atoms with E-state index in [1.807, 2.05) is 0 Å². The van der Waals surface area contributed by atoms with Gasteiger partial charge in [-0.1, -0.05) is 0 Å². The minimum atomic E-state index is -3.37. The Morgan fingerprint density at radius 1 is 1.50 bits per heavy atom. The Bertz CT molecular complexity index is 466. The molecular formula is C11H17NO5S. The molecule has 0 fully saturated rings. The molecule has 1 rings (SSSR count). The van der Waals surface area contributed by atoms with Crippen LogP contribution in [0.1, 0.15) is 18.6 Å².